The minimum atomic E-state index is -0.259. The smallest absolute Gasteiger partial charge is 0.276 e. The van der Waals surface area contributed by atoms with E-state index in [0.717, 1.165) is 22.4 Å². The zero-order valence-electron chi connectivity index (χ0n) is 16.6. The van der Waals surface area contributed by atoms with Crippen LogP contribution in [0.1, 0.15) is 17.0 Å². The summed E-state index contributed by atoms with van der Waals surface area (Å²) in [5.41, 5.74) is 4.03. The second kappa shape index (κ2) is 8.23. The number of fused-ring (bicyclic) bond motifs is 1. The van der Waals surface area contributed by atoms with Crippen LogP contribution in [0.25, 0.3) is 22.3 Å². The molecule has 0 aliphatic rings. The number of nitrogens with one attached hydrogen (secondary N) is 2. The van der Waals surface area contributed by atoms with E-state index in [1.807, 2.05) is 66.7 Å². The van der Waals surface area contributed by atoms with Crippen LogP contribution in [-0.4, -0.2) is 25.1 Å². The summed E-state index contributed by atoms with van der Waals surface area (Å²) in [6.07, 6.45) is 3.81. The van der Waals surface area contributed by atoms with Crippen LogP contribution in [0, 0.1) is 0 Å². The Balaban J connectivity index is 1.47. The summed E-state index contributed by atoms with van der Waals surface area (Å²) >= 11 is 0. The van der Waals surface area contributed by atoms with Gasteiger partial charge in [0.2, 0.25) is 0 Å². The highest BCUT2D eigenvalue weighted by Crippen LogP contribution is 2.24. The Morgan fingerprint density at radius 2 is 1.77 bits per heavy atom. The Morgan fingerprint density at radius 1 is 0.935 bits per heavy atom. The molecule has 0 amide bonds. The number of aromatic amines is 2. The standard InChI is InChI=1S/C24H19N5O2/c30-24-23-22(21(28-29-23)18-10-6-12-25-14-18)26-20(27-24)13-17-9-4-5-11-19(17)31-15-16-7-2-1-3-8-16/h1-12,14H,13,15H2,(H,28,29)(H,26,27,30). The summed E-state index contributed by atoms with van der Waals surface area (Å²) in [4.78, 5) is 24.3. The molecule has 0 fully saturated rings. The fourth-order valence-corrected chi connectivity index (χ4v) is 3.45. The molecule has 0 aliphatic carbocycles. The number of hydrogen-bond acceptors (Lipinski definition) is 5. The van der Waals surface area contributed by atoms with Crippen LogP contribution in [0.5, 0.6) is 5.75 Å². The van der Waals surface area contributed by atoms with Crippen molar-refractivity contribution in [2.45, 2.75) is 13.0 Å². The van der Waals surface area contributed by atoms with E-state index in [0.29, 0.717) is 35.6 Å². The van der Waals surface area contributed by atoms with Crippen molar-refractivity contribution in [3.05, 3.63) is 106 Å². The van der Waals surface area contributed by atoms with Gasteiger partial charge in [0.25, 0.3) is 5.56 Å². The minimum Gasteiger partial charge on any atom is -0.489 e. The number of benzene rings is 2. The van der Waals surface area contributed by atoms with Crippen LogP contribution in [0.2, 0.25) is 0 Å². The van der Waals surface area contributed by atoms with E-state index in [9.17, 15) is 4.79 Å². The number of ether oxygens (including phenoxy) is 1. The zero-order valence-corrected chi connectivity index (χ0v) is 16.6. The molecule has 0 saturated heterocycles. The number of nitrogens with zero attached hydrogens (tertiary/aromatic N) is 3. The number of aromatic nitrogens is 5. The monoisotopic (exact) mass is 409 g/mol. The molecular weight excluding hydrogens is 390 g/mol. The van der Waals surface area contributed by atoms with Gasteiger partial charge in [-0.3, -0.25) is 14.9 Å². The highest BCUT2D eigenvalue weighted by atomic mass is 16.5. The molecule has 0 radical (unpaired) electrons. The summed E-state index contributed by atoms with van der Waals surface area (Å²) in [6.45, 7) is 0.466. The van der Waals surface area contributed by atoms with E-state index in [-0.39, 0.29) is 5.56 Å². The maximum Gasteiger partial charge on any atom is 0.276 e. The molecule has 7 nitrogen and oxygen atoms in total. The molecule has 0 aliphatic heterocycles. The second-order valence-corrected chi connectivity index (χ2v) is 7.11. The summed E-state index contributed by atoms with van der Waals surface area (Å²) < 4.78 is 6.04. The minimum absolute atomic E-state index is 0.259. The van der Waals surface area contributed by atoms with E-state index in [1.165, 1.54) is 0 Å². The van der Waals surface area contributed by atoms with Crippen LogP contribution in [0.3, 0.4) is 0 Å². The van der Waals surface area contributed by atoms with Crippen molar-refractivity contribution in [2.24, 2.45) is 0 Å². The highest BCUT2D eigenvalue weighted by molar-refractivity contribution is 5.88. The first-order valence-corrected chi connectivity index (χ1v) is 9.90. The fraction of sp³-hybridized carbons (Fsp3) is 0.0833. The molecular formula is C24H19N5O2. The van der Waals surface area contributed by atoms with Crippen LogP contribution in [0.15, 0.2) is 83.9 Å². The van der Waals surface area contributed by atoms with Crippen molar-refractivity contribution < 1.29 is 4.74 Å². The average Bonchev–Trinajstić information content (AvgIpc) is 3.24. The van der Waals surface area contributed by atoms with Gasteiger partial charge >= 0.3 is 0 Å². The van der Waals surface area contributed by atoms with Crippen molar-refractivity contribution in [1.29, 1.82) is 0 Å². The third kappa shape index (κ3) is 3.93. The van der Waals surface area contributed by atoms with E-state index in [1.54, 1.807) is 12.4 Å². The lowest BCUT2D eigenvalue weighted by molar-refractivity contribution is 0.303. The summed E-state index contributed by atoms with van der Waals surface area (Å²) in [7, 11) is 0. The molecule has 3 aromatic heterocycles. The molecule has 0 spiro atoms. The summed E-state index contributed by atoms with van der Waals surface area (Å²) in [5.74, 6) is 1.30. The predicted molar refractivity (Wildman–Crippen MR) is 118 cm³/mol. The number of H-pyrrole nitrogens is 2. The Morgan fingerprint density at radius 3 is 2.61 bits per heavy atom. The lowest BCUT2D eigenvalue weighted by Gasteiger charge is -2.11. The van der Waals surface area contributed by atoms with Crippen LogP contribution < -0.4 is 10.3 Å². The van der Waals surface area contributed by atoms with Gasteiger partial charge in [-0.25, -0.2) is 4.98 Å². The van der Waals surface area contributed by atoms with Crippen molar-refractivity contribution in [2.75, 3.05) is 0 Å². The average molecular weight is 409 g/mol. The van der Waals surface area contributed by atoms with Gasteiger partial charge in [-0.1, -0.05) is 48.5 Å². The molecule has 2 N–H and O–H groups in total. The largest absolute Gasteiger partial charge is 0.489 e. The number of hydrogen-bond donors (Lipinski definition) is 2. The first kappa shape index (κ1) is 18.7. The van der Waals surface area contributed by atoms with Gasteiger partial charge in [0.15, 0.2) is 0 Å². The van der Waals surface area contributed by atoms with Crippen molar-refractivity contribution in [3.63, 3.8) is 0 Å². The van der Waals surface area contributed by atoms with E-state index < -0.39 is 0 Å². The van der Waals surface area contributed by atoms with E-state index >= 15 is 0 Å². The first-order valence-electron chi connectivity index (χ1n) is 9.90. The zero-order chi connectivity index (χ0) is 21.0. The number of rotatable bonds is 6. The maximum absolute atomic E-state index is 12.6. The van der Waals surface area contributed by atoms with Gasteiger partial charge in [0.05, 0.1) is 0 Å². The second-order valence-electron chi connectivity index (χ2n) is 7.11. The topological polar surface area (TPSA) is 96.6 Å². The van der Waals surface area contributed by atoms with Gasteiger partial charge in [-0.2, -0.15) is 5.10 Å². The molecule has 0 saturated carbocycles. The molecule has 2 aromatic carbocycles. The van der Waals surface area contributed by atoms with E-state index in [4.69, 9.17) is 9.72 Å². The van der Waals surface area contributed by atoms with Gasteiger partial charge in [-0.15, -0.1) is 0 Å². The molecule has 31 heavy (non-hydrogen) atoms. The maximum atomic E-state index is 12.6. The lowest BCUT2D eigenvalue weighted by atomic mass is 10.1. The van der Waals surface area contributed by atoms with Crippen LogP contribution in [0.4, 0.5) is 0 Å². The van der Waals surface area contributed by atoms with Crippen LogP contribution >= 0.6 is 0 Å². The Labute approximate surface area is 177 Å². The van der Waals surface area contributed by atoms with Gasteiger partial charge in [0.1, 0.15) is 34.9 Å². The van der Waals surface area contributed by atoms with Gasteiger partial charge in [-0.05, 0) is 23.8 Å². The Kier molecular flexibility index (Phi) is 4.98. The third-order valence-corrected chi connectivity index (χ3v) is 4.97. The molecule has 3 heterocycles. The molecule has 0 unspecified atom stereocenters. The molecule has 7 heteroatoms. The van der Waals surface area contributed by atoms with Crippen molar-refractivity contribution in [3.8, 4) is 17.0 Å². The van der Waals surface area contributed by atoms with Crippen molar-refractivity contribution in [1.82, 2.24) is 25.1 Å². The number of para-hydroxylation sites is 1. The van der Waals surface area contributed by atoms with Gasteiger partial charge in [0, 0.05) is 29.9 Å². The number of pyridine rings is 1. The SMILES string of the molecule is O=c1[nH]c(Cc2ccccc2OCc2ccccc2)nc2c(-c3cccnc3)n[nH]c12. The van der Waals surface area contributed by atoms with Gasteiger partial charge < -0.3 is 9.72 Å². The molecule has 5 rings (SSSR count). The van der Waals surface area contributed by atoms with E-state index in [2.05, 4.69) is 20.2 Å². The van der Waals surface area contributed by atoms with Crippen LogP contribution in [-0.2, 0) is 13.0 Å². The molecule has 0 bridgehead atoms. The predicted octanol–water partition coefficient (Wildman–Crippen LogP) is 3.88. The Hall–Kier alpha value is -4.26. The Bertz CT molecular complexity index is 1380. The third-order valence-electron chi connectivity index (χ3n) is 4.97. The molecule has 152 valence electrons. The normalized spacial score (nSPS) is 11.0. The quantitative estimate of drug-likeness (QED) is 0.444. The summed E-state index contributed by atoms with van der Waals surface area (Å²) in [6, 6.07) is 21.5. The highest BCUT2D eigenvalue weighted by Gasteiger charge is 2.15. The van der Waals surface area contributed by atoms with Crippen molar-refractivity contribution >= 4 is 11.0 Å². The lowest BCUT2D eigenvalue weighted by Crippen LogP contribution is -2.12. The molecule has 0 atom stereocenters. The fourth-order valence-electron chi connectivity index (χ4n) is 3.45. The first-order chi connectivity index (χ1) is 15.3. The summed E-state index contributed by atoms with van der Waals surface area (Å²) in [5, 5.41) is 7.07. The molecule has 5 aromatic rings.